The van der Waals surface area contributed by atoms with Crippen LogP contribution in [0, 0.1) is 0 Å². The molecule has 0 fully saturated rings. The number of carbonyl (C=O) groups is 2. The lowest BCUT2D eigenvalue weighted by Crippen LogP contribution is -2.37. The summed E-state index contributed by atoms with van der Waals surface area (Å²) in [6, 6.07) is 0. The third-order valence-corrected chi connectivity index (χ3v) is 9.14. The number of nitrogens with zero attached hydrogens (tertiary/aromatic N) is 1. The maximum absolute atomic E-state index is 12.1. The first kappa shape index (κ1) is 45.0. The molecule has 0 spiro atoms. The normalized spacial score (nSPS) is 13.8. The quantitative estimate of drug-likeness (QED) is 0.0287. The van der Waals surface area contributed by atoms with Crippen LogP contribution in [0.5, 0.6) is 0 Å². The van der Waals surface area contributed by atoms with E-state index in [-0.39, 0.29) is 19.6 Å². The highest BCUT2D eigenvalue weighted by Gasteiger charge is 2.20. The molecule has 0 N–H and O–H groups in total. The number of phosphoric acid groups is 1. The first-order chi connectivity index (χ1) is 21.9. The van der Waals surface area contributed by atoms with E-state index < -0.39 is 32.5 Å². The fourth-order valence-electron chi connectivity index (χ4n) is 5.30. The predicted octanol–water partition coefficient (Wildman–Crippen LogP) is 9.05. The van der Waals surface area contributed by atoms with Crippen LogP contribution in [0.1, 0.15) is 168 Å². The number of rotatable bonds is 34. The summed E-state index contributed by atoms with van der Waals surface area (Å²) >= 11 is 0. The van der Waals surface area contributed by atoms with Crippen molar-refractivity contribution in [2.24, 2.45) is 0 Å². The van der Waals surface area contributed by atoms with E-state index in [0.717, 1.165) is 19.3 Å². The summed E-state index contributed by atoms with van der Waals surface area (Å²) in [5, 5.41) is 0. The lowest BCUT2D eigenvalue weighted by molar-refractivity contribution is -0.870. The van der Waals surface area contributed by atoms with E-state index in [4.69, 9.17) is 18.5 Å². The number of likely N-dealkylation sites (N-methyl/N-ethyl adjacent to an activating group) is 1. The van der Waals surface area contributed by atoms with Crippen molar-refractivity contribution in [2.45, 2.75) is 174 Å². The largest absolute Gasteiger partial charge is 0.756 e. The molecule has 274 valence electrons. The molecule has 0 saturated carbocycles. The van der Waals surface area contributed by atoms with Gasteiger partial charge in [-0.3, -0.25) is 14.2 Å². The number of esters is 2. The average molecular weight is 678 g/mol. The monoisotopic (exact) mass is 677 g/mol. The van der Waals surface area contributed by atoms with Crippen LogP contribution >= 0.6 is 7.82 Å². The van der Waals surface area contributed by atoms with Gasteiger partial charge in [0.2, 0.25) is 0 Å². The van der Waals surface area contributed by atoms with Crippen molar-refractivity contribution in [1.82, 2.24) is 0 Å². The van der Waals surface area contributed by atoms with Crippen LogP contribution in [-0.2, 0) is 32.7 Å². The van der Waals surface area contributed by atoms with Crippen LogP contribution in [0.15, 0.2) is 0 Å². The Morgan fingerprint density at radius 1 is 0.630 bits per heavy atom. The molecule has 0 aromatic carbocycles. The van der Waals surface area contributed by atoms with Crippen molar-refractivity contribution in [1.29, 1.82) is 0 Å². The maximum atomic E-state index is 12.1. The van der Waals surface area contributed by atoms with Gasteiger partial charge in [0, 0.05) is 13.3 Å². The third-order valence-electron chi connectivity index (χ3n) is 8.18. The standard InChI is InChI=1S/C36H72NO8P/c1-6-7-8-9-10-11-12-13-14-15-16-17-18-19-20-21-22-23-24-25-26-27-28-29-36(39)42-32-35(45-34(2)38)33-44-46(40,41)43-31-30-37(3,4)5/h35H,6-33H2,1-5H3/t35-/m1/s1. The molecule has 0 rings (SSSR count). The van der Waals surface area contributed by atoms with Crippen molar-refractivity contribution in [2.75, 3.05) is 47.5 Å². The number of hydrogen-bond acceptors (Lipinski definition) is 8. The molecule has 0 amide bonds. The summed E-state index contributed by atoms with van der Waals surface area (Å²) in [6.07, 6.45) is 29.6. The molecule has 10 heteroatoms. The smallest absolute Gasteiger partial charge is 0.305 e. The van der Waals surface area contributed by atoms with Gasteiger partial charge in [-0.15, -0.1) is 0 Å². The van der Waals surface area contributed by atoms with Crippen LogP contribution < -0.4 is 4.89 Å². The molecule has 0 saturated heterocycles. The van der Waals surface area contributed by atoms with Crippen LogP contribution in [0.3, 0.4) is 0 Å². The van der Waals surface area contributed by atoms with E-state index in [1.165, 1.54) is 135 Å². The zero-order valence-corrected chi connectivity index (χ0v) is 31.4. The third kappa shape index (κ3) is 34.3. The maximum Gasteiger partial charge on any atom is 0.305 e. The molecule has 2 atom stereocenters. The minimum Gasteiger partial charge on any atom is -0.756 e. The molecule has 0 aliphatic heterocycles. The van der Waals surface area contributed by atoms with Crippen LogP contribution in [0.2, 0.25) is 0 Å². The summed E-state index contributed by atoms with van der Waals surface area (Å²) < 4.78 is 32.5. The van der Waals surface area contributed by atoms with Crippen molar-refractivity contribution in [3.8, 4) is 0 Å². The average Bonchev–Trinajstić information content (AvgIpc) is 2.98. The number of ether oxygens (including phenoxy) is 2. The first-order valence-electron chi connectivity index (χ1n) is 18.7. The van der Waals surface area contributed by atoms with Crippen molar-refractivity contribution < 1.29 is 42.1 Å². The van der Waals surface area contributed by atoms with Crippen molar-refractivity contribution in [3.63, 3.8) is 0 Å². The summed E-state index contributed by atoms with van der Waals surface area (Å²) in [5.41, 5.74) is 0. The number of quaternary nitrogens is 1. The molecule has 0 aliphatic rings. The number of hydrogen-bond donors (Lipinski definition) is 0. The first-order valence-corrected chi connectivity index (χ1v) is 20.1. The van der Waals surface area contributed by atoms with Gasteiger partial charge in [-0.1, -0.05) is 148 Å². The molecular weight excluding hydrogens is 605 g/mol. The zero-order valence-electron chi connectivity index (χ0n) is 30.5. The number of phosphoric ester groups is 1. The van der Waals surface area contributed by atoms with Gasteiger partial charge in [0.05, 0.1) is 27.7 Å². The van der Waals surface area contributed by atoms with Gasteiger partial charge in [-0.2, -0.15) is 0 Å². The predicted molar refractivity (Wildman–Crippen MR) is 185 cm³/mol. The summed E-state index contributed by atoms with van der Waals surface area (Å²) in [4.78, 5) is 35.5. The second-order valence-corrected chi connectivity index (χ2v) is 15.4. The highest BCUT2D eigenvalue weighted by molar-refractivity contribution is 7.45. The Morgan fingerprint density at radius 2 is 1.02 bits per heavy atom. The SMILES string of the molecule is CCCCCCCCCCCCCCCCCCCCCCCCCC(=O)OC[C@H](COP(=O)([O-])OCC[N+](C)(C)C)OC(C)=O. The topological polar surface area (TPSA) is 111 Å². The van der Waals surface area contributed by atoms with Gasteiger partial charge >= 0.3 is 11.9 Å². The summed E-state index contributed by atoms with van der Waals surface area (Å²) in [5.74, 6) is -1.02. The Balaban J connectivity index is 3.64. The van der Waals surface area contributed by atoms with E-state index in [0.29, 0.717) is 11.0 Å². The van der Waals surface area contributed by atoms with Gasteiger partial charge in [0.25, 0.3) is 7.82 Å². The fourth-order valence-corrected chi connectivity index (χ4v) is 6.03. The van der Waals surface area contributed by atoms with E-state index in [9.17, 15) is 19.0 Å². The van der Waals surface area contributed by atoms with Crippen molar-refractivity contribution in [3.05, 3.63) is 0 Å². The minimum atomic E-state index is -4.57. The van der Waals surface area contributed by atoms with Crippen LogP contribution in [-0.4, -0.2) is 70.0 Å². The molecule has 0 heterocycles. The minimum absolute atomic E-state index is 0.0307. The van der Waals surface area contributed by atoms with E-state index in [1.807, 2.05) is 21.1 Å². The van der Waals surface area contributed by atoms with Crippen LogP contribution in [0.25, 0.3) is 0 Å². The highest BCUT2D eigenvalue weighted by Crippen LogP contribution is 2.38. The lowest BCUT2D eigenvalue weighted by Gasteiger charge is -2.28. The summed E-state index contributed by atoms with van der Waals surface area (Å²) in [6.45, 7) is 3.18. The molecule has 0 bridgehead atoms. The summed E-state index contributed by atoms with van der Waals surface area (Å²) in [7, 11) is 1.16. The fraction of sp³-hybridized carbons (Fsp3) is 0.944. The van der Waals surface area contributed by atoms with Gasteiger partial charge < -0.3 is 27.9 Å². The van der Waals surface area contributed by atoms with E-state index in [2.05, 4.69) is 6.92 Å². The second-order valence-electron chi connectivity index (χ2n) is 14.0. The Bertz CT molecular complexity index is 774. The zero-order chi connectivity index (χ0) is 34.4. The van der Waals surface area contributed by atoms with Crippen LogP contribution in [0.4, 0.5) is 0 Å². The molecule has 46 heavy (non-hydrogen) atoms. The molecule has 1 unspecified atom stereocenters. The van der Waals surface area contributed by atoms with Gasteiger partial charge in [-0.05, 0) is 6.42 Å². The number of unbranched alkanes of at least 4 members (excludes halogenated alkanes) is 22. The Labute approximate surface area is 283 Å². The second kappa shape index (κ2) is 30.1. The highest BCUT2D eigenvalue weighted by atomic mass is 31.2. The molecule has 0 aromatic heterocycles. The Kier molecular flexibility index (Phi) is 29.4. The molecule has 0 radical (unpaired) electrons. The molecule has 0 aliphatic carbocycles. The molecular formula is C36H72NO8P. The van der Waals surface area contributed by atoms with Crippen molar-refractivity contribution >= 4 is 19.8 Å². The number of carbonyl (C=O) groups excluding carboxylic acids is 2. The Morgan fingerprint density at radius 3 is 1.39 bits per heavy atom. The van der Waals surface area contributed by atoms with Gasteiger partial charge in [0.15, 0.2) is 6.10 Å². The van der Waals surface area contributed by atoms with E-state index >= 15 is 0 Å². The lowest BCUT2D eigenvalue weighted by atomic mass is 10.0. The van der Waals surface area contributed by atoms with Gasteiger partial charge in [-0.25, -0.2) is 0 Å². The van der Waals surface area contributed by atoms with Gasteiger partial charge in [0.1, 0.15) is 19.8 Å². The Hall–Kier alpha value is -0.990. The molecule has 9 nitrogen and oxygen atoms in total. The molecule has 0 aromatic rings. The van der Waals surface area contributed by atoms with E-state index in [1.54, 1.807) is 0 Å².